The molecule has 2 heterocycles. The van der Waals surface area contributed by atoms with Crippen molar-refractivity contribution >= 4 is 16.8 Å². The van der Waals surface area contributed by atoms with Crippen LogP contribution >= 0.6 is 0 Å². The lowest BCUT2D eigenvalue weighted by Gasteiger charge is -2.17. The molecule has 2 N–H and O–H groups in total. The summed E-state index contributed by atoms with van der Waals surface area (Å²) >= 11 is 0. The molecule has 0 aliphatic heterocycles. The number of aromatic nitrogens is 3. The van der Waals surface area contributed by atoms with Crippen LogP contribution in [0.4, 0.5) is 4.39 Å². The summed E-state index contributed by atoms with van der Waals surface area (Å²) in [6.07, 6.45) is 3.80. The van der Waals surface area contributed by atoms with Gasteiger partial charge in [0.1, 0.15) is 6.67 Å². The van der Waals surface area contributed by atoms with E-state index in [4.69, 9.17) is 0 Å². The van der Waals surface area contributed by atoms with Crippen molar-refractivity contribution in [1.82, 2.24) is 20.5 Å². The highest BCUT2D eigenvalue weighted by atomic mass is 19.1. The Labute approximate surface area is 161 Å². The lowest BCUT2D eigenvalue weighted by Crippen LogP contribution is -2.38. The average molecular weight is 374 g/mol. The molecular weight excluding hydrogens is 355 g/mol. The van der Waals surface area contributed by atoms with Crippen LogP contribution in [-0.2, 0) is 6.42 Å². The standard InChI is InChI=1S/C22H19FN4O/c23-12-17(10-15-6-2-1-3-7-15)26-22(28)19-11-21(16-13-24-25-14-16)27-20-9-5-4-8-18(19)20/h1-9,11,13-14,17H,10,12H2,(H,24,25)(H,26,28)/t17-/m0/s1. The number of rotatable bonds is 6. The molecule has 0 aliphatic rings. The number of fused-ring (bicyclic) bond motifs is 1. The van der Waals surface area contributed by atoms with Gasteiger partial charge >= 0.3 is 0 Å². The number of H-pyrrole nitrogens is 1. The number of nitrogens with zero attached hydrogens (tertiary/aromatic N) is 2. The average Bonchev–Trinajstić information content (AvgIpc) is 3.28. The third kappa shape index (κ3) is 3.76. The number of para-hydroxylation sites is 1. The minimum atomic E-state index is -0.641. The van der Waals surface area contributed by atoms with E-state index >= 15 is 0 Å². The molecule has 0 radical (unpaired) electrons. The Hall–Kier alpha value is -3.54. The van der Waals surface area contributed by atoms with E-state index in [1.807, 2.05) is 54.6 Å². The predicted molar refractivity (Wildman–Crippen MR) is 107 cm³/mol. The molecule has 6 heteroatoms. The van der Waals surface area contributed by atoms with Crippen LogP contribution in [0.2, 0.25) is 0 Å². The van der Waals surface area contributed by atoms with E-state index < -0.39 is 12.7 Å². The fraction of sp³-hybridized carbons (Fsp3) is 0.136. The Balaban J connectivity index is 1.66. The third-order valence-electron chi connectivity index (χ3n) is 4.60. The molecule has 5 nitrogen and oxygen atoms in total. The molecular formula is C22H19FN4O. The van der Waals surface area contributed by atoms with Crippen LogP contribution in [0.5, 0.6) is 0 Å². The van der Waals surface area contributed by atoms with Crippen LogP contribution in [0.1, 0.15) is 15.9 Å². The molecule has 1 amide bonds. The number of halogens is 1. The third-order valence-corrected chi connectivity index (χ3v) is 4.60. The van der Waals surface area contributed by atoms with Crippen molar-refractivity contribution < 1.29 is 9.18 Å². The Bertz CT molecular complexity index is 1080. The zero-order chi connectivity index (χ0) is 19.3. The molecule has 0 saturated heterocycles. The van der Waals surface area contributed by atoms with Crippen molar-refractivity contribution in [2.24, 2.45) is 0 Å². The van der Waals surface area contributed by atoms with Crippen molar-refractivity contribution in [1.29, 1.82) is 0 Å². The van der Waals surface area contributed by atoms with E-state index in [-0.39, 0.29) is 5.91 Å². The van der Waals surface area contributed by atoms with Gasteiger partial charge in [0.05, 0.1) is 29.0 Å². The molecule has 0 spiro atoms. The monoisotopic (exact) mass is 374 g/mol. The smallest absolute Gasteiger partial charge is 0.252 e. The molecule has 28 heavy (non-hydrogen) atoms. The van der Waals surface area contributed by atoms with E-state index in [2.05, 4.69) is 20.5 Å². The van der Waals surface area contributed by atoms with E-state index in [1.54, 1.807) is 18.5 Å². The van der Waals surface area contributed by atoms with Crippen molar-refractivity contribution in [3.63, 3.8) is 0 Å². The number of hydrogen-bond acceptors (Lipinski definition) is 3. The van der Waals surface area contributed by atoms with Gasteiger partial charge in [-0.3, -0.25) is 9.89 Å². The number of pyridine rings is 1. The highest BCUT2D eigenvalue weighted by molar-refractivity contribution is 6.07. The molecule has 4 aromatic rings. The fourth-order valence-electron chi connectivity index (χ4n) is 3.21. The van der Waals surface area contributed by atoms with Gasteiger partial charge in [0, 0.05) is 17.1 Å². The van der Waals surface area contributed by atoms with Crippen molar-refractivity contribution in [2.45, 2.75) is 12.5 Å². The maximum absolute atomic E-state index is 13.6. The normalized spacial score (nSPS) is 12.0. The summed E-state index contributed by atoms with van der Waals surface area (Å²) in [4.78, 5) is 17.6. The highest BCUT2D eigenvalue weighted by Crippen LogP contribution is 2.24. The number of amides is 1. The first-order valence-electron chi connectivity index (χ1n) is 9.04. The van der Waals surface area contributed by atoms with E-state index in [0.29, 0.717) is 23.2 Å². The van der Waals surface area contributed by atoms with E-state index in [0.717, 1.165) is 16.5 Å². The Morgan fingerprint density at radius 1 is 1.11 bits per heavy atom. The maximum atomic E-state index is 13.6. The predicted octanol–water partition coefficient (Wildman–Crippen LogP) is 3.94. The van der Waals surface area contributed by atoms with Gasteiger partial charge in [-0.05, 0) is 24.1 Å². The number of nitrogens with one attached hydrogen (secondary N) is 2. The van der Waals surface area contributed by atoms with E-state index in [1.165, 1.54) is 0 Å². The van der Waals surface area contributed by atoms with Crippen LogP contribution in [0, 0.1) is 0 Å². The largest absolute Gasteiger partial charge is 0.346 e. The first-order valence-corrected chi connectivity index (χ1v) is 9.04. The van der Waals surface area contributed by atoms with Gasteiger partial charge in [-0.1, -0.05) is 48.5 Å². The minimum Gasteiger partial charge on any atom is -0.346 e. The topological polar surface area (TPSA) is 70.7 Å². The molecule has 0 aliphatic carbocycles. The molecule has 4 rings (SSSR count). The number of carbonyl (C=O) groups excluding carboxylic acids is 1. The lowest BCUT2D eigenvalue weighted by atomic mass is 10.0. The van der Waals surface area contributed by atoms with Gasteiger partial charge in [0.15, 0.2) is 0 Å². The van der Waals surface area contributed by atoms with Gasteiger partial charge < -0.3 is 5.32 Å². The second kappa shape index (κ2) is 8.00. The number of alkyl halides is 1. The van der Waals surface area contributed by atoms with Gasteiger partial charge in [0.25, 0.3) is 5.91 Å². The molecule has 0 unspecified atom stereocenters. The maximum Gasteiger partial charge on any atom is 0.252 e. The van der Waals surface area contributed by atoms with Gasteiger partial charge in [0.2, 0.25) is 0 Å². The molecule has 2 aromatic heterocycles. The lowest BCUT2D eigenvalue weighted by molar-refractivity contribution is 0.0931. The summed E-state index contributed by atoms with van der Waals surface area (Å²) in [6, 6.07) is 18.1. The molecule has 0 saturated carbocycles. The first kappa shape index (κ1) is 17.9. The number of benzene rings is 2. The fourth-order valence-corrected chi connectivity index (χ4v) is 3.21. The SMILES string of the molecule is O=C(N[C@H](CF)Cc1ccccc1)c1cc(-c2cn[nH]c2)nc2ccccc12. The summed E-state index contributed by atoms with van der Waals surface area (Å²) in [5.41, 5.74) is 3.56. The molecule has 2 aromatic carbocycles. The van der Waals surface area contributed by atoms with Crippen LogP contribution in [0.25, 0.3) is 22.2 Å². The van der Waals surface area contributed by atoms with Crippen molar-refractivity contribution in [3.05, 3.63) is 84.2 Å². The van der Waals surface area contributed by atoms with Gasteiger partial charge in [-0.25, -0.2) is 9.37 Å². The minimum absolute atomic E-state index is 0.318. The zero-order valence-electron chi connectivity index (χ0n) is 15.1. The summed E-state index contributed by atoms with van der Waals surface area (Å²) in [6.45, 7) is -0.641. The van der Waals surface area contributed by atoms with E-state index in [9.17, 15) is 9.18 Å². The number of hydrogen-bond donors (Lipinski definition) is 2. The summed E-state index contributed by atoms with van der Waals surface area (Å²) in [7, 11) is 0. The number of carbonyl (C=O) groups is 1. The zero-order valence-corrected chi connectivity index (χ0v) is 15.1. The second-order valence-corrected chi connectivity index (χ2v) is 6.57. The summed E-state index contributed by atoms with van der Waals surface area (Å²) < 4.78 is 13.6. The van der Waals surface area contributed by atoms with Crippen LogP contribution in [0.15, 0.2) is 73.1 Å². The van der Waals surface area contributed by atoms with Gasteiger partial charge in [-0.15, -0.1) is 0 Å². The Morgan fingerprint density at radius 2 is 1.89 bits per heavy atom. The Kier molecular flexibility index (Phi) is 5.10. The van der Waals surface area contributed by atoms with Crippen molar-refractivity contribution in [3.8, 4) is 11.3 Å². The van der Waals surface area contributed by atoms with Crippen LogP contribution in [0.3, 0.4) is 0 Å². The first-order chi connectivity index (χ1) is 13.7. The molecule has 0 fully saturated rings. The van der Waals surface area contributed by atoms with Gasteiger partial charge in [-0.2, -0.15) is 5.10 Å². The molecule has 140 valence electrons. The van der Waals surface area contributed by atoms with Crippen molar-refractivity contribution in [2.75, 3.05) is 6.67 Å². The summed E-state index contributed by atoms with van der Waals surface area (Å²) in [5.74, 6) is -0.318. The Morgan fingerprint density at radius 3 is 2.64 bits per heavy atom. The molecule has 1 atom stereocenters. The van der Waals surface area contributed by atoms with Crippen LogP contribution in [-0.4, -0.2) is 33.8 Å². The summed E-state index contributed by atoms with van der Waals surface area (Å²) in [5, 5.41) is 10.3. The highest BCUT2D eigenvalue weighted by Gasteiger charge is 2.18. The quantitative estimate of drug-likeness (QED) is 0.537. The van der Waals surface area contributed by atoms with Crippen LogP contribution < -0.4 is 5.32 Å². The molecule has 0 bridgehead atoms. The number of aromatic amines is 1. The second-order valence-electron chi connectivity index (χ2n) is 6.57.